The first-order valence-corrected chi connectivity index (χ1v) is 7.81. The lowest BCUT2D eigenvalue weighted by Crippen LogP contribution is -2.54. The van der Waals surface area contributed by atoms with E-state index >= 15 is 0 Å². The molecule has 6 heteroatoms. The molecule has 1 atom stereocenters. The Morgan fingerprint density at radius 3 is 2.38 bits per heavy atom. The SMILES string of the molecule is CCCC1(NC(=O)NCC(CC)(CC)C(=O)O)CCOC1. The summed E-state index contributed by atoms with van der Waals surface area (Å²) >= 11 is 0. The van der Waals surface area contributed by atoms with Crippen LogP contribution < -0.4 is 10.6 Å². The average Bonchev–Trinajstić information content (AvgIpc) is 2.89. The van der Waals surface area contributed by atoms with E-state index in [0.717, 1.165) is 19.3 Å². The normalized spacial score (nSPS) is 22.0. The highest BCUT2D eigenvalue weighted by Crippen LogP contribution is 2.26. The number of carbonyl (C=O) groups excluding carboxylic acids is 1. The third-order valence-corrected chi connectivity index (χ3v) is 4.61. The van der Waals surface area contributed by atoms with Crippen LogP contribution in [-0.4, -0.2) is 42.4 Å². The summed E-state index contributed by atoms with van der Waals surface area (Å²) in [5, 5.41) is 15.1. The van der Waals surface area contributed by atoms with Crippen LogP contribution in [0.5, 0.6) is 0 Å². The van der Waals surface area contributed by atoms with Crippen LogP contribution in [0.3, 0.4) is 0 Å². The summed E-state index contributed by atoms with van der Waals surface area (Å²) in [7, 11) is 0. The average molecular weight is 300 g/mol. The predicted octanol–water partition coefficient (Wildman–Crippen LogP) is 2.14. The van der Waals surface area contributed by atoms with Crippen LogP contribution in [0, 0.1) is 5.41 Å². The largest absolute Gasteiger partial charge is 0.481 e. The van der Waals surface area contributed by atoms with E-state index in [1.165, 1.54) is 0 Å². The lowest BCUT2D eigenvalue weighted by atomic mass is 9.82. The Labute approximate surface area is 126 Å². The highest BCUT2D eigenvalue weighted by Gasteiger charge is 2.38. The number of carbonyl (C=O) groups is 2. The fourth-order valence-corrected chi connectivity index (χ4v) is 2.86. The van der Waals surface area contributed by atoms with Crippen molar-refractivity contribution in [3.63, 3.8) is 0 Å². The van der Waals surface area contributed by atoms with E-state index < -0.39 is 11.4 Å². The lowest BCUT2D eigenvalue weighted by molar-refractivity contribution is -0.149. The Morgan fingerprint density at radius 2 is 1.95 bits per heavy atom. The minimum atomic E-state index is -0.887. The fraction of sp³-hybridized carbons (Fsp3) is 0.867. The molecule has 1 fully saturated rings. The van der Waals surface area contributed by atoms with Crippen molar-refractivity contribution in [3.8, 4) is 0 Å². The van der Waals surface area contributed by atoms with Crippen LogP contribution >= 0.6 is 0 Å². The van der Waals surface area contributed by atoms with E-state index in [1.807, 2.05) is 13.8 Å². The van der Waals surface area contributed by atoms with Gasteiger partial charge in [-0.05, 0) is 25.7 Å². The van der Waals surface area contributed by atoms with Gasteiger partial charge in [-0.25, -0.2) is 4.79 Å². The van der Waals surface area contributed by atoms with E-state index in [1.54, 1.807) is 0 Å². The molecule has 122 valence electrons. The lowest BCUT2D eigenvalue weighted by Gasteiger charge is -2.31. The maximum absolute atomic E-state index is 12.1. The number of hydrogen-bond acceptors (Lipinski definition) is 3. The predicted molar refractivity (Wildman–Crippen MR) is 80.3 cm³/mol. The number of rotatable bonds is 8. The summed E-state index contributed by atoms with van der Waals surface area (Å²) in [5.74, 6) is -0.861. The molecule has 1 unspecified atom stereocenters. The minimum absolute atomic E-state index is 0.143. The molecule has 0 radical (unpaired) electrons. The van der Waals surface area contributed by atoms with E-state index in [0.29, 0.717) is 26.1 Å². The fourth-order valence-electron chi connectivity index (χ4n) is 2.86. The summed E-state index contributed by atoms with van der Waals surface area (Å²) in [5.41, 5.74) is -1.19. The second-order valence-corrected chi connectivity index (χ2v) is 5.93. The summed E-state index contributed by atoms with van der Waals surface area (Å²) in [4.78, 5) is 23.5. The zero-order valence-electron chi connectivity index (χ0n) is 13.3. The van der Waals surface area contributed by atoms with Crippen LogP contribution in [0.25, 0.3) is 0 Å². The van der Waals surface area contributed by atoms with Gasteiger partial charge in [-0.1, -0.05) is 27.2 Å². The van der Waals surface area contributed by atoms with Gasteiger partial charge in [0.2, 0.25) is 0 Å². The molecule has 21 heavy (non-hydrogen) atoms. The van der Waals surface area contributed by atoms with Crippen molar-refractivity contribution in [2.75, 3.05) is 19.8 Å². The van der Waals surface area contributed by atoms with Crippen molar-refractivity contribution in [1.29, 1.82) is 0 Å². The topological polar surface area (TPSA) is 87.7 Å². The molecule has 0 aliphatic carbocycles. The van der Waals surface area contributed by atoms with Gasteiger partial charge in [0, 0.05) is 13.2 Å². The highest BCUT2D eigenvalue weighted by molar-refractivity contribution is 5.78. The summed E-state index contributed by atoms with van der Waals surface area (Å²) in [6.45, 7) is 7.07. The first-order chi connectivity index (χ1) is 9.93. The first-order valence-electron chi connectivity index (χ1n) is 7.81. The van der Waals surface area contributed by atoms with Gasteiger partial charge < -0.3 is 20.5 Å². The molecule has 0 aromatic heterocycles. The number of urea groups is 1. The Hall–Kier alpha value is -1.30. The van der Waals surface area contributed by atoms with Crippen molar-refractivity contribution >= 4 is 12.0 Å². The molecular weight excluding hydrogens is 272 g/mol. The molecule has 1 aliphatic rings. The van der Waals surface area contributed by atoms with Gasteiger partial charge in [0.15, 0.2) is 0 Å². The standard InChI is InChI=1S/C15H28N2O4/c1-4-7-15(8-9-21-11-15)17-13(20)16-10-14(5-2,6-3)12(18)19/h4-11H2,1-3H3,(H,18,19)(H2,16,17,20). The number of ether oxygens (including phenoxy) is 1. The van der Waals surface area contributed by atoms with Gasteiger partial charge in [-0.3, -0.25) is 4.79 Å². The van der Waals surface area contributed by atoms with Crippen molar-refractivity contribution in [2.45, 2.75) is 58.4 Å². The van der Waals surface area contributed by atoms with Crippen molar-refractivity contribution in [3.05, 3.63) is 0 Å². The van der Waals surface area contributed by atoms with Gasteiger partial charge >= 0.3 is 12.0 Å². The van der Waals surface area contributed by atoms with E-state index in [9.17, 15) is 14.7 Å². The van der Waals surface area contributed by atoms with Gasteiger partial charge in [-0.15, -0.1) is 0 Å². The summed E-state index contributed by atoms with van der Waals surface area (Å²) < 4.78 is 5.40. The summed E-state index contributed by atoms with van der Waals surface area (Å²) in [6.07, 6.45) is 3.61. The minimum Gasteiger partial charge on any atom is -0.481 e. The molecule has 3 N–H and O–H groups in total. The smallest absolute Gasteiger partial charge is 0.315 e. The monoisotopic (exact) mass is 300 g/mol. The zero-order valence-corrected chi connectivity index (χ0v) is 13.3. The Morgan fingerprint density at radius 1 is 1.29 bits per heavy atom. The molecule has 2 amide bonds. The maximum atomic E-state index is 12.1. The number of carboxylic acid groups (broad SMARTS) is 1. The van der Waals surface area contributed by atoms with Gasteiger partial charge in [0.25, 0.3) is 0 Å². The molecule has 0 spiro atoms. The molecule has 1 heterocycles. The van der Waals surface area contributed by atoms with Crippen molar-refractivity contribution < 1.29 is 19.4 Å². The number of amides is 2. The van der Waals surface area contributed by atoms with Gasteiger partial charge in [0.1, 0.15) is 0 Å². The molecule has 1 aliphatic heterocycles. The molecule has 6 nitrogen and oxygen atoms in total. The van der Waals surface area contributed by atoms with Gasteiger partial charge in [0.05, 0.1) is 17.6 Å². The number of hydrogen-bond donors (Lipinski definition) is 3. The van der Waals surface area contributed by atoms with Crippen LogP contribution in [-0.2, 0) is 9.53 Å². The second-order valence-electron chi connectivity index (χ2n) is 5.93. The molecule has 0 aromatic carbocycles. The molecule has 0 aromatic rings. The zero-order chi connectivity index (χ0) is 15.9. The molecular formula is C15H28N2O4. The Bertz CT molecular complexity index is 361. The van der Waals surface area contributed by atoms with Crippen LogP contribution in [0.1, 0.15) is 52.9 Å². The number of carboxylic acids is 1. The Kier molecular flexibility index (Phi) is 6.45. The maximum Gasteiger partial charge on any atom is 0.315 e. The quantitative estimate of drug-likeness (QED) is 0.641. The molecule has 1 saturated heterocycles. The molecule has 0 bridgehead atoms. The Balaban J connectivity index is 2.58. The first kappa shape index (κ1) is 17.8. The third-order valence-electron chi connectivity index (χ3n) is 4.61. The van der Waals surface area contributed by atoms with E-state index in [-0.39, 0.29) is 18.1 Å². The second kappa shape index (κ2) is 7.64. The highest BCUT2D eigenvalue weighted by atomic mass is 16.5. The van der Waals surface area contributed by atoms with Gasteiger partial charge in [-0.2, -0.15) is 0 Å². The van der Waals surface area contributed by atoms with Crippen molar-refractivity contribution in [1.82, 2.24) is 10.6 Å². The van der Waals surface area contributed by atoms with Crippen LogP contribution in [0.2, 0.25) is 0 Å². The molecule has 0 saturated carbocycles. The van der Waals surface area contributed by atoms with Crippen LogP contribution in [0.4, 0.5) is 4.79 Å². The van der Waals surface area contributed by atoms with Crippen LogP contribution in [0.15, 0.2) is 0 Å². The number of nitrogens with one attached hydrogen (secondary N) is 2. The number of aliphatic carboxylic acids is 1. The third kappa shape index (κ3) is 4.33. The molecule has 1 rings (SSSR count). The van der Waals surface area contributed by atoms with E-state index in [2.05, 4.69) is 17.6 Å². The summed E-state index contributed by atoms with van der Waals surface area (Å²) in [6, 6.07) is -0.304. The van der Waals surface area contributed by atoms with Crippen molar-refractivity contribution in [2.24, 2.45) is 5.41 Å². The van der Waals surface area contributed by atoms with E-state index in [4.69, 9.17) is 4.74 Å².